The van der Waals surface area contributed by atoms with Gasteiger partial charge < -0.3 is 10.1 Å². The predicted octanol–water partition coefficient (Wildman–Crippen LogP) is 2.12. The molecule has 0 rings (SSSR count). The lowest BCUT2D eigenvalue weighted by molar-refractivity contribution is 0.0551. The van der Waals surface area contributed by atoms with Gasteiger partial charge in [-0.25, -0.2) is 0 Å². The van der Waals surface area contributed by atoms with Crippen molar-refractivity contribution < 1.29 is 4.74 Å². The second-order valence-electron chi connectivity index (χ2n) is 5.03. The van der Waals surface area contributed by atoms with Crippen LogP contribution in [0.25, 0.3) is 0 Å². The van der Waals surface area contributed by atoms with E-state index >= 15 is 0 Å². The lowest BCUT2D eigenvalue weighted by Gasteiger charge is -2.28. The molecular weight excluding hydrogens is 200 g/mol. The lowest BCUT2D eigenvalue weighted by Crippen LogP contribution is -2.43. The Morgan fingerprint density at radius 3 is 2.25 bits per heavy atom. The van der Waals surface area contributed by atoms with Crippen molar-refractivity contribution >= 4 is 0 Å². The number of rotatable bonds is 9. The molecule has 16 heavy (non-hydrogen) atoms. The van der Waals surface area contributed by atoms with Gasteiger partial charge in [0.05, 0.1) is 12.7 Å². The van der Waals surface area contributed by atoms with Crippen LogP contribution in [-0.2, 0) is 4.74 Å². The smallest absolute Gasteiger partial charge is 0.0596 e. The number of nitrogens with zero attached hydrogens (tertiary/aromatic N) is 1. The zero-order valence-electron chi connectivity index (χ0n) is 11.9. The van der Waals surface area contributed by atoms with E-state index in [1.807, 2.05) is 0 Å². The first-order valence-electron chi connectivity index (χ1n) is 6.52. The van der Waals surface area contributed by atoms with Gasteiger partial charge in [0, 0.05) is 25.2 Å². The van der Waals surface area contributed by atoms with Crippen LogP contribution in [-0.4, -0.2) is 49.8 Å². The Morgan fingerprint density at radius 1 is 1.19 bits per heavy atom. The van der Waals surface area contributed by atoms with E-state index in [4.69, 9.17) is 4.74 Å². The van der Waals surface area contributed by atoms with Gasteiger partial charge in [-0.1, -0.05) is 20.8 Å². The van der Waals surface area contributed by atoms with Crippen LogP contribution in [0.1, 0.15) is 41.0 Å². The third-order valence-corrected chi connectivity index (χ3v) is 2.75. The van der Waals surface area contributed by atoms with E-state index < -0.39 is 0 Å². The quantitative estimate of drug-likeness (QED) is 0.656. The van der Waals surface area contributed by atoms with Crippen LogP contribution < -0.4 is 5.32 Å². The molecule has 3 nitrogen and oxygen atoms in total. The molecule has 0 fully saturated rings. The van der Waals surface area contributed by atoms with Crippen LogP contribution in [0, 0.1) is 0 Å². The Morgan fingerprint density at radius 2 is 1.81 bits per heavy atom. The molecular formula is C13H30N2O. The summed E-state index contributed by atoms with van der Waals surface area (Å²) < 4.78 is 5.57. The Balaban J connectivity index is 3.77. The van der Waals surface area contributed by atoms with E-state index in [9.17, 15) is 0 Å². The number of nitrogens with one attached hydrogen (secondary N) is 1. The SMILES string of the molecule is CCC(CNC(C)C)N(C)CCOC(C)C. The minimum absolute atomic E-state index is 0.335. The summed E-state index contributed by atoms with van der Waals surface area (Å²) in [4.78, 5) is 2.39. The maximum absolute atomic E-state index is 5.57. The normalized spacial score (nSPS) is 14.1. The molecule has 1 atom stereocenters. The fraction of sp³-hybridized carbons (Fsp3) is 1.00. The second-order valence-corrected chi connectivity index (χ2v) is 5.03. The molecule has 1 unspecified atom stereocenters. The van der Waals surface area contributed by atoms with Crippen molar-refractivity contribution in [1.82, 2.24) is 10.2 Å². The van der Waals surface area contributed by atoms with Crippen molar-refractivity contribution in [1.29, 1.82) is 0 Å². The lowest BCUT2D eigenvalue weighted by atomic mass is 10.2. The van der Waals surface area contributed by atoms with Crippen LogP contribution in [0.15, 0.2) is 0 Å². The summed E-state index contributed by atoms with van der Waals surface area (Å²) in [7, 11) is 2.18. The summed E-state index contributed by atoms with van der Waals surface area (Å²) in [6.45, 7) is 13.7. The van der Waals surface area contributed by atoms with E-state index in [-0.39, 0.29) is 0 Å². The van der Waals surface area contributed by atoms with Gasteiger partial charge in [-0.3, -0.25) is 4.90 Å². The van der Waals surface area contributed by atoms with Crippen molar-refractivity contribution in [3.8, 4) is 0 Å². The van der Waals surface area contributed by atoms with Gasteiger partial charge in [-0.05, 0) is 27.3 Å². The summed E-state index contributed by atoms with van der Waals surface area (Å²) in [5.74, 6) is 0. The monoisotopic (exact) mass is 230 g/mol. The molecule has 0 heterocycles. The van der Waals surface area contributed by atoms with Gasteiger partial charge in [0.25, 0.3) is 0 Å². The van der Waals surface area contributed by atoms with E-state index in [0.29, 0.717) is 18.2 Å². The van der Waals surface area contributed by atoms with Gasteiger partial charge in [0.2, 0.25) is 0 Å². The molecule has 1 N–H and O–H groups in total. The maximum Gasteiger partial charge on any atom is 0.0596 e. The first-order valence-corrected chi connectivity index (χ1v) is 6.52. The third-order valence-electron chi connectivity index (χ3n) is 2.75. The zero-order chi connectivity index (χ0) is 12.6. The fourth-order valence-corrected chi connectivity index (χ4v) is 1.60. The Kier molecular flexibility index (Phi) is 8.90. The molecule has 0 radical (unpaired) electrons. The Hall–Kier alpha value is -0.120. The van der Waals surface area contributed by atoms with Crippen LogP contribution in [0.2, 0.25) is 0 Å². The number of hydrogen-bond acceptors (Lipinski definition) is 3. The molecule has 0 aliphatic rings. The molecule has 98 valence electrons. The van der Waals surface area contributed by atoms with Crippen molar-refractivity contribution in [2.45, 2.75) is 59.2 Å². The van der Waals surface area contributed by atoms with Crippen molar-refractivity contribution in [2.24, 2.45) is 0 Å². The summed E-state index contributed by atoms with van der Waals surface area (Å²) in [5.41, 5.74) is 0. The summed E-state index contributed by atoms with van der Waals surface area (Å²) in [5, 5.41) is 3.49. The highest BCUT2D eigenvalue weighted by Crippen LogP contribution is 2.01. The number of ether oxygens (including phenoxy) is 1. The van der Waals surface area contributed by atoms with E-state index in [0.717, 1.165) is 19.7 Å². The fourth-order valence-electron chi connectivity index (χ4n) is 1.60. The minimum Gasteiger partial charge on any atom is -0.377 e. The van der Waals surface area contributed by atoms with Crippen LogP contribution in [0.5, 0.6) is 0 Å². The highest BCUT2D eigenvalue weighted by atomic mass is 16.5. The second kappa shape index (κ2) is 8.97. The van der Waals surface area contributed by atoms with Crippen molar-refractivity contribution in [2.75, 3.05) is 26.7 Å². The molecule has 0 aromatic carbocycles. The summed E-state index contributed by atoms with van der Waals surface area (Å²) >= 11 is 0. The number of likely N-dealkylation sites (N-methyl/N-ethyl adjacent to an activating group) is 1. The molecule has 0 amide bonds. The van der Waals surface area contributed by atoms with Gasteiger partial charge in [0.1, 0.15) is 0 Å². The third kappa shape index (κ3) is 8.08. The topological polar surface area (TPSA) is 24.5 Å². The average molecular weight is 230 g/mol. The molecule has 0 saturated heterocycles. The van der Waals surface area contributed by atoms with Gasteiger partial charge >= 0.3 is 0 Å². The first-order chi connectivity index (χ1) is 7.47. The molecule has 0 aliphatic heterocycles. The average Bonchev–Trinajstić information content (AvgIpc) is 2.17. The van der Waals surface area contributed by atoms with Crippen molar-refractivity contribution in [3.63, 3.8) is 0 Å². The molecule has 0 aromatic heterocycles. The largest absolute Gasteiger partial charge is 0.377 e. The van der Waals surface area contributed by atoms with Gasteiger partial charge in [0.15, 0.2) is 0 Å². The summed E-state index contributed by atoms with van der Waals surface area (Å²) in [6.07, 6.45) is 1.51. The van der Waals surface area contributed by atoms with Crippen molar-refractivity contribution in [3.05, 3.63) is 0 Å². The molecule has 0 aliphatic carbocycles. The highest BCUT2D eigenvalue weighted by Gasteiger charge is 2.12. The molecule has 0 aromatic rings. The highest BCUT2D eigenvalue weighted by molar-refractivity contribution is 4.71. The van der Waals surface area contributed by atoms with Crippen LogP contribution in [0.4, 0.5) is 0 Å². The molecule has 0 saturated carbocycles. The Labute approximate surface area is 102 Å². The standard InChI is InChI=1S/C13H30N2O/c1-7-13(10-14-11(2)3)15(6)8-9-16-12(4)5/h11-14H,7-10H2,1-6H3. The van der Waals surface area contributed by atoms with Crippen LogP contribution >= 0.6 is 0 Å². The zero-order valence-corrected chi connectivity index (χ0v) is 11.9. The summed E-state index contributed by atoms with van der Waals surface area (Å²) in [6, 6.07) is 1.17. The molecule has 3 heteroatoms. The van der Waals surface area contributed by atoms with E-state index in [2.05, 4.69) is 51.9 Å². The van der Waals surface area contributed by atoms with E-state index in [1.54, 1.807) is 0 Å². The predicted molar refractivity (Wildman–Crippen MR) is 70.9 cm³/mol. The first kappa shape index (κ1) is 15.9. The minimum atomic E-state index is 0.335. The van der Waals surface area contributed by atoms with E-state index in [1.165, 1.54) is 6.42 Å². The Bertz CT molecular complexity index is 160. The molecule has 0 bridgehead atoms. The molecule has 0 spiro atoms. The number of hydrogen-bond donors (Lipinski definition) is 1. The maximum atomic E-state index is 5.57. The van der Waals surface area contributed by atoms with Gasteiger partial charge in [-0.15, -0.1) is 0 Å². The van der Waals surface area contributed by atoms with Gasteiger partial charge in [-0.2, -0.15) is 0 Å². The van der Waals surface area contributed by atoms with Crippen LogP contribution in [0.3, 0.4) is 0 Å².